The zero-order chi connectivity index (χ0) is 101. The number of aryl methyl sites for hydroxylation is 18. The van der Waals surface area contributed by atoms with E-state index in [0.29, 0.717) is 22.3 Å². The third-order valence-electron chi connectivity index (χ3n) is 23.9. The van der Waals surface area contributed by atoms with Crippen molar-refractivity contribution in [2.75, 3.05) is 21.3 Å². The van der Waals surface area contributed by atoms with Gasteiger partial charge in [0.05, 0.1) is 0 Å². The average molecular weight is 1900 g/mol. The molecule has 0 aromatic heterocycles. The minimum absolute atomic E-state index is 0.0701. The fraction of sp³-hybridized carbons (Fsp3) is 0.178. The van der Waals surface area contributed by atoms with E-state index in [-0.39, 0.29) is 23.6 Å². The Bertz CT molecular complexity index is 6600. The predicted molar refractivity (Wildman–Crippen MR) is 603 cm³/mol. The van der Waals surface area contributed by atoms with Crippen LogP contribution in [0.3, 0.4) is 0 Å². The molecular weight excluding hydrogens is 1760 g/mol. The zero-order valence-electron chi connectivity index (χ0n) is 85.8. The van der Waals surface area contributed by atoms with Gasteiger partial charge < -0.3 is 30.7 Å². The summed E-state index contributed by atoms with van der Waals surface area (Å²) in [6.07, 6.45) is 3.58. The number of rotatable bonds is 20. The monoisotopic (exact) mass is 1900 g/mol. The largest absolute Gasteiger partial charge is 0.457 e. The molecule has 17 aromatic carbocycles. The van der Waals surface area contributed by atoms with Crippen molar-refractivity contribution in [2.24, 2.45) is 0 Å². The second kappa shape index (κ2) is 54.1. The van der Waals surface area contributed by atoms with Crippen LogP contribution in [0.25, 0.3) is 0 Å². The highest BCUT2D eigenvalue weighted by Gasteiger charge is 2.27. The van der Waals surface area contributed by atoms with Gasteiger partial charge in [-0.25, -0.2) is 0 Å². The van der Waals surface area contributed by atoms with Crippen LogP contribution in [0, 0.1) is 111 Å². The molecule has 10 nitrogen and oxygen atoms in total. The molecule has 12 heteroatoms. The summed E-state index contributed by atoms with van der Waals surface area (Å²) in [6.45, 7) is 42.7. The molecule has 0 heterocycles. The SMILES string of the molecule is Cc1ccc(C(=O)Nc2cccc(C)c2)cc1.Cc1ccc(CCCc2ccc(C)cc2)cc1.Cc1ccc(NC(=O)c2ccc(C)cc2)cc1.Cc1ccc(NC(=O)c2cccc(C)c2)cc1.Cc1ccc(Oc2ccc(Oc3ccc(C)cc3)cc2)cc1.Cc1ccc([Si](C)(C)c2ccc(C)cc2)cc1.Cc1cccc(NC(=O)c2cccc(C)c2)c1.Cc1cccc([Si](C)(C)c2cccc(C)c2)c1. The van der Waals surface area contributed by atoms with Crippen LogP contribution in [0.4, 0.5) is 22.7 Å². The van der Waals surface area contributed by atoms with E-state index in [4.69, 9.17) is 9.47 Å². The van der Waals surface area contributed by atoms with Crippen molar-refractivity contribution in [3.63, 3.8) is 0 Å². The first-order valence-corrected chi connectivity index (χ1v) is 54.3. The molecule has 718 valence electrons. The van der Waals surface area contributed by atoms with E-state index in [1.54, 1.807) is 0 Å². The van der Waals surface area contributed by atoms with E-state index >= 15 is 0 Å². The molecule has 4 amide bonds. The van der Waals surface area contributed by atoms with Crippen molar-refractivity contribution in [3.8, 4) is 23.0 Å². The van der Waals surface area contributed by atoms with Gasteiger partial charge in [0, 0.05) is 45.0 Å². The number of nitrogens with one attached hydrogen (secondary N) is 4. The van der Waals surface area contributed by atoms with E-state index in [2.05, 4.69) is 248 Å². The predicted octanol–water partition coefficient (Wildman–Crippen LogP) is 30.8. The molecule has 4 N–H and O–H groups in total. The molecule has 0 bridgehead atoms. The molecule has 0 saturated heterocycles. The van der Waals surface area contributed by atoms with E-state index in [1.807, 2.05) is 322 Å². The summed E-state index contributed by atoms with van der Waals surface area (Å²) in [7, 11) is -3.02. The number of anilines is 4. The van der Waals surface area contributed by atoms with Crippen LogP contribution >= 0.6 is 0 Å². The van der Waals surface area contributed by atoms with Gasteiger partial charge in [-0.3, -0.25) is 19.2 Å². The minimum atomic E-state index is -1.52. The Balaban J connectivity index is 0.000000166. The topological polar surface area (TPSA) is 135 Å². The standard InChI is InChI=1S/C20H18O2.C17H20.2C16H20Si.4C15H15NO/c1-15-3-7-17(8-4-15)21-19-11-13-20(14-12-19)22-18-9-5-16(2)6-10-18;1-14-6-10-16(11-7-14)4-3-5-17-12-8-15(2)9-13-17;1-13-5-9-15(10-6-13)17(3,4)16-11-7-14(2)8-12-16;1-13-7-5-9-15(11-13)17(3,4)16-10-6-8-14(2)12-16;1-11-3-7-13(8-4-11)15(17)16-14-9-5-12(2)6-10-14;1-11-5-3-7-13(9-11)15(17)16-14-8-4-6-12(2)10-14;1-11-6-8-13(9-7-11)15(17)16-14-5-3-4-12(2)10-14;1-11-6-8-14(9-7-11)16-15(17)13-5-3-4-12(2)10-13/h3-14H,1-2H3;6-13H,3-5H2,1-2H3;2*5-12H,1-4H3;4*3-10H,1-2H3,(H,16,17). The summed E-state index contributed by atoms with van der Waals surface area (Å²) in [5, 5.41) is 17.6. The number of hydrogen-bond donors (Lipinski definition) is 4. The van der Waals surface area contributed by atoms with Gasteiger partial charge in [0.15, 0.2) is 0 Å². The Morgan fingerprint density at radius 3 is 0.681 bits per heavy atom. The van der Waals surface area contributed by atoms with Gasteiger partial charge in [0.2, 0.25) is 0 Å². The first-order valence-electron chi connectivity index (χ1n) is 48.3. The number of carbonyl (C=O) groups excluding carboxylic acids is 4. The average Bonchev–Trinajstić information content (AvgIpc) is 0.805. The van der Waals surface area contributed by atoms with Crippen LogP contribution in [0.5, 0.6) is 23.0 Å². The third-order valence-corrected chi connectivity index (χ3v) is 31.0. The van der Waals surface area contributed by atoms with Gasteiger partial charge in [-0.15, -0.1) is 0 Å². The third kappa shape index (κ3) is 37.2. The number of carbonyl (C=O) groups is 4. The highest BCUT2D eigenvalue weighted by Crippen LogP contribution is 2.29. The molecule has 0 aliphatic heterocycles. The Morgan fingerprint density at radius 2 is 0.404 bits per heavy atom. The maximum Gasteiger partial charge on any atom is 0.255 e. The van der Waals surface area contributed by atoms with Crippen LogP contribution in [0.2, 0.25) is 26.2 Å². The summed E-state index contributed by atoms with van der Waals surface area (Å²) in [4.78, 5) is 47.7. The molecule has 17 aromatic rings. The van der Waals surface area contributed by atoms with E-state index in [1.165, 1.54) is 107 Å². The van der Waals surface area contributed by atoms with E-state index < -0.39 is 16.1 Å². The first kappa shape index (κ1) is 108. The molecule has 0 aliphatic carbocycles. The molecule has 0 fully saturated rings. The van der Waals surface area contributed by atoms with Crippen LogP contribution < -0.4 is 51.5 Å². The lowest BCUT2D eigenvalue weighted by Crippen LogP contribution is -2.52. The fourth-order valence-corrected chi connectivity index (χ4v) is 19.8. The van der Waals surface area contributed by atoms with Gasteiger partial charge in [0.25, 0.3) is 23.6 Å². The van der Waals surface area contributed by atoms with Crippen molar-refractivity contribution >= 4 is 83.3 Å². The normalized spacial score (nSPS) is 10.5. The van der Waals surface area contributed by atoms with Crippen molar-refractivity contribution in [2.45, 2.75) is 156 Å². The molecule has 17 rings (SSSR count). The smallest absolute Gasteiger partial charge is 0.255 e. The Kier molecular flexibility index (Phi) is 41.3. The molecule has 0 unspecified atom stereocenters. The zero-order valence-corrected chi connectivity index (χ0v) is 87.8. The molecule has 0 saturated carbocycles. The second-order valence-corrected chi connectivity index (χ2v) is 46.4. The van der Waals surface area contributed by atoms with Crippen molar-refractivity contribution in [1.29, 1.82) is 0 Å². The highest BCUT2D eigenvalue weighted by atomic mass is 28.3. The van der Waals surface area contributed by atoms with Crippen LogP contribution in [0.1, 0.15) is 148 Å². The summed E-state index contributed by atoms with van der Waals surface area (Å²) < 4.78 is 11.6. The van der Waals surface area contributed by atoms with E-state index in [0.717, 1.165) is 79.1 Å². The van der Waals surface area contributed by atoms with E-state index in [9.17, 15) is 19.2 Å². The first-order chi connectivity index (χ1) is 67.5. The number of hydrogen-bond acceptors (Lipinski definition) is 6. The molecule has 141 heavy (non-hydrogen) atoms. The van der Waals surface area contributed by atoms with Gasteiger partial charge in [0.1, 0.15) is 39.1 Å². The maximum atomic E-state index is 12.0. The molecule has 0 atom stereocenters. The van der Waals surface area contributed by atoms with Crippen molar-refractivity contribution in [1.82, 2.24) is 0 Å². The van der Waals surface area contributed by atoms with Crippen molar-refractivity contribution < 1.29 is 28.7 Å². The fourth-order valence-electron chi connectivity index (χ4n) is 14.9. The Labute approximate surface area is 841 Å². The number of benzene rings is 17. The van der Waals surface area contributed by atoms with Gasteiger partial charge in [-0.05, 0) is 298 Å². The van der Waals surface area contributed by atoms with Crippen LogP contribution in [-0.4, -0.2) is 39.8 Å². The van der Waals surface area contributed by atoms with Crippen LogP contribution in [0.15, 0.2) is 413 Å². The van der Waals surface area contributed by atoms with Gasteiger partial charge >= 0.3 is 0 Å². The minimum Gasteiger partial charge on any atom is -0.457 e. The number of ether oxygens (including phenoxy) is 2. The maximum absolute atomic E-state index is 12.0. The lowest BCUT2D eigenvalue weighted by Gasteiger charge is -2.24. The van der Waals surface area contributed by atoms with Gasteiger partial charge in [-0.2, -0.15) is 0 Å². The molecule has 0 spiro atoms. The molecular formula is C129H138N4O6Si2. The quantitative estimate of drug-likeness (QED) is 0.0562. The summed E-state index contributed by atoms with van der Waals surface area (Å²) >= 11 is 0. The Morgan fingerprint density at radius 1 is 0.191 bits per heavy atom. The van der Waals surface area contributed by atoms with Gasteiger partial charge in [-0.1, -0.05) is 392 Å². The Hall–Kier alpha value is -15.3. The second-order valence-electron chi connectivity index (χ2n) is 37.6. The summed E-state index contributed by atoms with van der Waals surface area (Å²) in [5.74, 6) is 2.96. The summed E-state index contributed by atoms with van der Waals surface area (Å²) in [6, 6.07) is 139. The lowest BCUT2D eigenvalue weighted by molar-refractivity contribution is 0.101. The molecule has 0 radical (unpaired) electrons. The van der Waals surface area contributed by atoms with Crippen LogP contribution in [-0.2, 0) is 12.8 Å². The summed E-state index contributed by atoms with van der Waals surface area (Å²) in [5.41, 5.74) is 28.5. The highest BCUT2D eigenvalue weighted by molar-refractivity contribution is 7.01. The molecule has 0 aliphatic rings. The lowest BCUT2D eigenvalue weighted by atomic mass is 10.0. The van der Waals surface area contributed by atoms with Crippen molar-refractivity contribution in [3.05, 3.63) is 535 Å². The number of amides is 4.